The number of nitrogens with zero attached hydrogens (tertiary/aromatic N) is 2. The second-order valence-electron chi connectivity index (χ2n) is 5.87. The van der Waals surface area contributed by atoms with Crippen LogP contribution in [0.1, 0.15) is 48.9 Å². The van der Waals surface area contributed by atoms with Gasteiger partial charge in [-0.15, -0.1) is 0 Å². The average molecular weight is 275 g/mol. The highest BCUT2D eigenvalue weighted by Gasteiger charge is 2.25. The molecule has 20 heavy (non-hydrogen) atoms. The second-order valence-corrected chi connectivity index (χ2v) is 5.87. The minimum Gasteiger partial charge on any atom is -0.478 e. The predicted octanol–water partition coefficient (Wildman–Crippen LogP) is 2.73. The molecule has 0 aliphatic heterocycles. The third-order valence-corrected chi connectivity index (χ3v) is 4.50. The van der Waals surface area contributed by atoms with E-state index in [-0.39, 0.29) is 0 Å². The summed E-state index contributed by atoms with van der Waals surface area (Å²) in [6.45, 7) is 0. The molecule has 108 valence electrons. The van der Waals surface area contributed by atoms with Crippen LogP contribution in [0.2, 0.25) is 0 Å². The van der Waals surface area contributed by atoms with Crippen LogP contribution in [-0.4, -0.2) is 35.2 Å². The molecule has 0 spiro atoms. The Morgan fingerprint density at radius 3 is 2.50 bits per heavy atom. The lowest BCUT2D eigenvalue weighted by Crippen LogP contribution is -2.38. The minimum atomic E-state index is -0.896. The molecule has 5 heteroatoms. The zero-order valence-corrected chi connectivity index (χ0v) is 11.8. The molecule has 0 aromatic carbocycles. The molecule has 1 heterocycles. The lowest BCUT2D eigenvalue weighted by atomic mass is 9.92. The van der Waals surface area contributed by atoms with Gasteiger partial charge in [-0.05, 0) is 50.7 Å². The van der Waals surface area contributed by atoms with Gasteiger partial charge in [0, 0.05) is 19.1 Å². The molecule has 2 saturated carbocycles. The van der Waals surface area contributed by atoms with Crippen molar-refractivity contribution in [1.82, 2.24) is 4.98 Å². The van der Waals surface area contributed by atoms with Crippen molar-refractivity contribution in [3.8, 4) is 0 Å². The van der Waals surface area contributed by atoms with Crippen LogP contribution in [0.4, 0.5) is 11.6 Å². The lowest BCUT2D eigenvalue weighted by molar-refractivity contribution is 0.0697. The van der Waals surface area contributed by atoms with Gasteiger partial charge in [0.15, 0.2) is 0 Å². The van der Waals surface area contributed by atoms with E-state index in [1.165, 1.54) is 25.7 Å². The van der Waals surface area contributed by atoms with Crippen molar-refractivity contribution in [3.05, 3.63) is 17.7 Å². The molecular weight excluding hydrogens is 254 g/mol. The summed E-state index contributed by atoms with van der Waals surface area (Å²) in [6.07, 6.45) is 7.12. The normalized spacial score (nSPS) is 19.1. The maximum Gasteiger partial charge on any atom is 0.335 e. The van der Waals surface area contributed by atoms with Crippen LogP contribution in [0, 0.1) is 0 Å². The van der Waals surface area contributed by atoms with Crippen molar-refractivity contribution in [2.24, 2.45) is 0 Å². The van der Waals surface area contributed by atoms with Gasteiger partial charge in [-0.25, -0.2) is 9.78 Å². The Labute approximate surface area is 119 Å². The number of nitrogens with one attached hydrogen (secondary N) is 1. The number of aromatic carboxylic acids is 1. The second kappa shape index (κ2) is 5.31. The molecule has 5 nitrogen and oxygen atoms in total. The summed E-state index contributed by atoms with van der Waals surface area (Å²) in [5, 5.41) is 12.6. The first-order valence-electron chi connectivity index (χ1n) is 7.38. The van der Waals surface area contributed by atoms with Gasteiger partial charge in [-0.2, -0.15) is 0 Å². The van der Waals surface area contributed by atoms with Crippen molar-refractivity contribution in [3.63, 3.8) is 0 Å². The van der Waals surface area contributed by atoms with Crippen LogP contribution >= 0.6 is 0 Å². The summed E-state index contributed by atoms with van der Waals surface area (Å²) in [5.41, 5.74) is 0.308. The maximum atomic E-state index is 11.3. The monoisotopic (exact) mass is 275 g/mol. The summed E-state index contributed by atoms with van der Waals surface area (Å²) < 4.78 is 0. The van der Waals surface area contributed by atoms with E-state index in [9.17, 15) is 9.90 Å². The number of hydrogen-bond donors (Lipinski definition) is 2. The van der Waals surface area contributed by atoms with Gasteiger partial charge < -0.3 is 15.3 Å². The van der Waals surface area contributed by atoms with E-state index in [0.29, 0.717) is 23.5 Å². The van der Waals surface area contributed by atoms with Crippen molar-refractivity contribution in [1.29, 1.82) is 0 Å². The van der Waals surface area contributed by atoms with E-state index in [2.05, 4.69) is 15.2 Å². The van der Waals surface area contributed by atoms with E-state index < -0.39 is 5.97 Å². The fraction of sp³-hybridized carbons (Fsp3) is 0.600. The fourth-order valence-electron chi connectivity index (χ4n) is 2.62. The van der Waals surface area contributed by atoms with Crippen molar-refractivity contribution < 1.29 is 9.90 Å². The van der Waals surface area contributed by atoms with Crippen LogP contribution in [0.25, 0.3) is 0 Å². The number of carboxylic acids is 1. The molecule has 2 aliphatic carbocycles. The van der Waals surface area contributed by atoms with Gasteiger partial charge >= 0.3 is 5.97 Å². The molecule has 0 saturated heterocycles. The van der Waals surface area contributed by atoms with Gasteiger partial charge in [-0.1, -0.05) is 0 Å². The molecule has 1 aromatic rings. The summed E-state index contributed by atoms with van der Waals surface area (Å²) in [5.74, 6) is 0.555. The van der Waals surface area contributed by atoms with Crippen molar-refractivity contribution in [2.75, 3.05) is 17.3 Å². The number of hydrogen-bond acceptors (Lipinski definition) is 4. The smallest absolute Gasteiger partial charge is 0.335 e. The Kier molecular flexibility index (Phi) is 3.51. The Morgan fingerprint density at radius 2 is 2.00 bits per heavy atom. The van der Waals surface area contributed by atoms with E-state index in [1.807, 2.05) is 7.05 Å². The topological polar surface area (TPSA) is 65.5 Å². The molecule has 0 radical (unpaired) electrons. The molecule has 2 N–H and O–H groups in total. The van der Waals surface area contributed by atoms with Gasteiger partial charge in [0.05, 0.1) is 5.56 Å². The van der Waals surface area contributed by atoms with Gasteiger partial charge in [0.25, 0.3) is 0 Å². The van der Waals surface area contributed by atoms with E-state index in [1.54, 1.807) is 12.1 Å². The molecule has 0 atom stereocenters. The van der Waals surface area contributed by atoms with E-state index in [4.69, 9.17) is 0 Å². The Hall–Kier alpha value is -1.78. The van der Waals surface area contributed by atoms with Gasteiger partial charge in [-0.3, -0.25) is 0 Å². The Bertz CT molecular complexity index is 510. The molecule has 3 rings (SSSR count). The van der Waals surface area contributed by atoms with E-state index >= 15 is 0 Å². The lowest BCUT2D eigenvalue weighted by Gasteiger charge is -2.36. The summed E-state index contributed by atoms with van der Waals surface area (Å²) in [4.78, 5) is 18.0. The molecule has 0 amide bonds. The number of carboxylic acid groups (broad SMARTS) is 1. The van der Waals surface area contributed by atoms with Crippen LogP contribution in [0.5, 0.6) is 0 Å². The van der Waals surface area contributed by atoms with Crippen LogP contribution < -0.4 is 10.2 Å². The highest BCUT2D eigenvalue weighted by Crippen LogP contribution is 2.29. The van der Waals surface area contributed by atoms with Crippen LogP contribution in [0.15, 0.2) is 12.1 Å². The van der Waals surface area contributed by atoms with Crippen molar-refractivity contribution >= 4 is 17.6 Å². The standard InChI is InChI=1S/C15H21N3O2/c1-18(12-6-3-7-12)14-9-10(15(19)20)8-13(17-14)16-11-4-2-5-11/h8-9,11-12H,2-7H2,1H3,(H,16,17)(H,19,20). The van der Waals surface area contributed by atoms with Gasteiger partial charge in [0.1, 0.15) is 11.6 Å². The summed E-state index contributed by atoms with van der Waals surface area (Å²) in [7, 11) is 2.00. The molecule has 2 aliphatic rings. The molecular formula is C15H21N3O2. The highest BCUT2D eigenvalue weighted by molar-refractivity contribution is 5.89. The SMILES string of the molecule is CN(c1cc(C(=O)O)cc(NC2CCC2)n1)C1CCC1. The first-order chi connectivity index (χ1) is 9.63. The average Bonchev–Trinajstić information content (AvgIpc) is 2.31. The molecule has 2 fully saturated rings. The zero-order valence-electron chi connectivity index (χ0n) is 11.8. The first kappa shape index (κ1) is 13.2. The predicted molar refractivity (Wildman–Crippen MR) is 78.5 cm³/mol. The van der Waals surface area contributed by atoms with Crippen LogP contribution in [-0.2, 0) is 0 Å². The fourth-order valence-corrected chi connectivity index (χ4v) is 2.62. The summed E-state index contributed by atoms with van der Waals surface area (Å²) >= 11 is 0. The summed E-state index contributed by atoms with van der Waals surface area (Å²) in [6, 6.07) is 4.27. The van der Waals surface area contributed by atoms with Gasteiger partial charge in [0.2, 0.25) is 0 Å². The largest absolute Gasteiger partial charge is 0.478 e. The quantitative estimate of drug-likeness (QED) is 0.865. The minimum absolute atomic E-state index is 0.308. The van der Waals surface area contributed by atoms with E-state index in [0.717, 1.165) is 18.7 Å². The Morgan fingerprint density at radius 1 is 1.30 bits per heavy atom. The first-order valence-corrected chi connectivity index (χ1v) is 7.38. The number of carbonyl (C=O) groups is 1. The molecule has 1 aromatic heterocycles. The highest BCUT2D eigenvalue weighted by atomic mass is 16.4. The van der Waals surface area contributed by atoms with Crippen molar-refractivity contribution in [2.45, 2.75) is 50.6 Å². The molecule has 0 unspecified atom stereocenters. The third-order valence-electron chi connectivity index (χ3n) is 4.50. The number of rotatable bonds is 5. The number of pyridine rings is 1. The maximum absolute atomic E-state index is 11.3. The Balaban J connectivity index is 1.84. The van der Waals surface area contributed by atoms with Crippen LogP contribution in [0.3, 0.4) is 0 Å². The number of aromatic nitrogens is 1. The molecule has 0 bridgehead atoms. The number of anilines is 2. The third kappa shape index (κ3) is 2.57. The zero-order chi connectivity index (χ0) is 14.1.